The van der Waals surface area contributed by atoms with Crippen LogP contribution in [0.15, 0.2) is 30.5 Å². The van der Waals surface area contributed by atoms with E-state index >= 15 is 0 Å². The van der Waals surface area contributed by atoms with Gasteiger partial charge in [-0.2, -0.15) is 0 Å². The van der Waals surface area contributed by atoms with E-state index in [1.165, 1.54) is 27.9 Å². The molecule has 1 heterocycles. The van der Waals surface area contributed by atoms with Crippen LogP contribution in [-0.2, 0) is 12.0 Å². The number of hydrogen-bond donors (Lipinski definition) is 1. The van der Waals surface area contributed by atoms with E-state index in [2.05, 4.69) is 55.8 Å². The molecule has 2 nitrogen and oxygen atoms in total. The summed E-state index contributed by atoms with van der Waals surface area (Å²) in [6.45, 7) is 9.18. The second-order valence-electron chi connectivity index (χ2n) is 6.25. The maximum absolute atomic E-state index is 9.67. The number of nitrogens with zero attached hydrogens (tertiary/aromatic N) is 1. The Labute approximate surface area is 114 Å². The van der Waals surface area contributed by atoms with Crippen molar-refractivity contribution in [2.75, 3.05) is 0 Å². The predicted octanol–water partition coefficient (Wildman–Crippen LogP) is 3.48. The first-order chi connectivity index (χ1) is 8.91. The van der Waals surface area contributed by atoms with Crippen molar-refractivity contribution in [2.24, 2.45) is 0 Å². The molecule has 0 radical (unpaired) electrons. The molecule has 0 bridgehead atoms. The molecule has 1 aliphatic rings. The third-order valence-corrected chi connectivity index (χ3v) is 4.20. The molecule has 19 heavy (non-hydrogen) atoms. The zero-order valence-corrected chi connectivity index (χ0v) is 12.1. The normalized spacial score (nSPS) is 17.1. The van der Waals surface area contributed by atoms with Crippen LogP contribution < -0.4 is 0 Å². The van der Waals surface area contributed by atoms with E-state index < -0.39 is 0 Å². The van der Waals surface area contributed by atoms with E-state index in [1.807, 2.05) is 6.92 Å². The Kier molecular flexibility index (Phi) is 2.61. The molecule has 0 saturated carbocycles. The van der Waals surface area contributed by atoms with Crippen molar-refractivity contribution in [1.82, 2.24) is 4.57 Å². The Morgan fingerprint density at radius 1 is 1.21 bits per heavy atom. The van der Waals surface area contributed by atoms with Crippen LogP contribution in [0.5, 0.6) is 0 Å². The van der Waals surface area contributed by atoms with Crippen LogP contribution >= 0.6 is 0 Å². The highest BCUT2D eigenvalue weighted by Crippen LogP contribution is 2.49. The molecule has 1 aromatic carbocycles. The van der Waals surface area contributed by atoms with Gasteiger partial charge in [0.2, 0.25) is 0 Å². The molecule has 1 aliphatic carbocycles. The molecule has 0 saturated heterocycles. The van der Waals surface area contributed by atoms with Crippen LogP contribution in [0, 0.1) is 6.92 Å². The van der Waals surface area contributed by atoms with Crippen molar-refractivity contribution in [1.29, 1.82) is 0 Å². The van der Waals surface area contributed by atoms with Crippen LogP contribution in [0.3, 0.4) is 0 Å². The second-order valence-corrected chi connectivity index (χ2v) is 6.25. The van der Waals surface area contributed by atoms with E-state index in [1.54, 1.807) is 0 Å². The average molecular weight is 255 g/mol. The second kappa shape index (κ2) is 3.97. The summed E-state index contributed by atoms with van der Waals surface area (Å²) in [5, 5.41) is 9.67. The molecule has 0 fully saturated rings. The Balaban J connectivity index is 2.24. The Bertz CT molecular complexity index is 635. The molecular weight excluding hydrogens is 234 g/mol. The van der Waals surface area contributed by atoms with Gasteiger partial charge in [0, 0.05) is 23.7 Å². The molecule has 1 atom stereocenters. The average Bonchev–Trinajstić information content (AvgIpc) is 2.79. The zero-order valence-electron chi connectivity index (χ0n) is 12.1. The summed E-state index contributed by atoms with van der Waals surface area (Å²) in [7, 11) is 0. The molecule has 2 heteroatoms. The SMILES string of the molecule is Cc1ccc2c(c1)-c1c(ccn1CC(C)O)C2(C)C. The van der Waals surface area contributed by atoms with E-state index in [0.29, 0.717) is 6.54 Å². The first-order valence-corrected chi connectivity index (χ1v) is 6.90. The minimum Gasteiger partial charge on any atom is -0.392 e. The highest BCUT2D eigenvalue weighted by atomic mass is 16.3. The summed E-state index contributed by atoms with van der Waals surface area (Å²) < 4.78 is 2.19. The van der Waals surface area contributed by atoms with Crippen molar-refractivity contribution in [3.63, 3.8) is 0 Å². The van der Waals surface area contributed by atoms with Gasteiger partial charge < -0.3 is 9.67 Å². The molecule has 1 N–H and O–H groups in total. The molecule has 3 rings (SSSR count). The minimum atomic E-state index is -0.325. The molecule has 1 aromatic heterocycles. The zero-order chi connectivity index (χ0) is 13.8. The van der Waals surface area contributed by atoms with Crippen molar-refractivity contribution in [3.8, 4) is 11.3 Å². The summed E-state index contributed by atoms with van der Waals surface area (Å²) in [6, 6.07) is 8.90. The Morgan fingerprint density at radius 2 is 1.95 bits per heavy atom. The molecule has 0 spiro atoms. The lowest BCUT2D eigenvalue weighted by atomic mass is 9.83. The summed E-state index contributed by atoms with van der Waals surface area (Å²) in [5.74, 6) is 0. The first kappa shape index (κ1) is 12.5. The van der Waals surface area contributed by atoms with E-state index in [-0.39, 0.29) is 11.5 Å². The van der Waals surface area contributed by atoms with Crippen molar-refractivity contribution in [3.05, 3.63) is 47.2 Å². The lowest BCUT2D eigenvalue weighted by Gasteiger charge is -2.20. The largest absolute Gasteiger partial charge is 0.392 e. The molecular formula is C17H21NO. The smallest absolute Gasteiger partial charge is 0.0691 e. The van der Waals surface area contributed by atoms with Gasteiger partial charge in [-0.05, 0) is 37.1 Å². The van der Waals surface area contributed by atoms with Gasteiger partial charge in [0.1, 0.15) is 0 Å². The van der Waals surface area contributed by atoms with Crippen molar-refractivity contribution >= 4 is 0 Å². The highest BCUT2D eigenvalue weighted by molar-refractivity contribution is 5.79. The summed E-state index contributed by atoms with van der Waals surface area (Å²) in [5.41, 5.74) is 6.71. The number of aliphatic hydroxyl groups is 1. The quantitative estimate of drug-likeness (QED) is 0.873. The molecule has 1 unspecified atom stereocenters. The number of benzene rings is 1. The van der Waals surface area contributed by atoms with E-state index in [0.717, 1.165) is 0 Å². The van der Waals surface area contributed by atoms with Crippen LogP contribution in [0.25, 0.3) is 11.3 Å². The molecule has 0 aliphatic heterocycles. The predicted molar refractivity (Wildman–Crippen MR) is 78.4 cm³/mol. The third kappa shape index (κ3) is 1.74. The molecule has 2 aromatic rings. The standard InChI is InChI=1S/C17H21NO/c1-11-5-6-14-13(9-11)16-15(17(14,3)4)7-8-18(16)10-12(2)19/h5-9,12,19H,10H2,1-4H3. The van der Waals surface area contributed by atoms with Gasteiger partial charge in [0.05, 0.1) is 11.8 Å². The fourth-order valence-electron chi connectivity index (χ4n) is 3.26. The summed E-state index contributed by atoms with van der Waals surface area (Å²) in [4.78, 5) is 0. The van der Waals surface area contributed by atoms with Gasteiger partial charge in [-0.25, -0.2) is 0 Å². The Morgan fingerprint density at radius 3 is 2.63 bits per heavy atom. The number of hydrogen-bond acceptors (Lipinski definition) is 1. The highest BCUT2D eigenvalue weighted by Gasteiger charge is 2.37. The van der Waals surface area contributed by atoms with E-state index in [4.69, 9.17) is 0 Å². The lowest BCUT2D eigenvalue weighted by Crippen LogP contribution is -2.14. The number of aromatic nitrogens is 1. The maximum Gasteiger partial charge on any atom is 0.0691 e. The lowest BCUT2D eigenvalue weighted by molar-refractivity contribution is 0.174. The van der Waals surface area contributed by atoms with Crippen LogP contribution in [-0.4, -0.2) is 15.8 Å². The van der Waals surface area contributed by atoms with Gasteiger partial charge in [-0.3, -0.25) is 0 Å². The molecule has 100 valence electrons. The Hall–Kier alpha value is -1.54. The monoisotopic (exact) mass is 255 g/mol. The van der Waals surface area contributed by atoms with Crippen LogP contribution in [0.4, 0.5) is 0 Å². The van der Waals surface area contributed by atoms with Gasteiger partial charge in [0.25, 0.3) is 0 Å². The topological polar surface area (TPSA) is 25.2 Å². The fraction of sp³-hybridized carbons (Fsp3) is 0.412. The number of aryl methyl sites for hydroxylation is 1. The molecule has 0 amide bonds. The summed E-state index contributed by atoms with van der Waals surface area (Å²) in [6.07, 6.45) is 1.78. The number of rotatable bonds is 2. The fourth-order valence-corrected chi connectivity index (χ4v) is 3.26. The van der Waals surface area contributed by atoms with Crippen molar-refractivity contribution in [2.45, 2.75) is 45.8 Å². The summed E-state index contributed by atoms with van der Waals surface area (Å²) >= 11 is 0. The van der Waals surface area contributed by atoms with Crippen LogP contribution in [0.2, 0.25) is 0 Å². The third-order valence-electron chi connectivity index (χ3n) is 4.20. The van der Waals surface area contributed by atoms with Gasteiger partial charge in [0.15, 0.2) is 0 Å². The van der Waals surface area contributed by atoms with Crippen molar-refractivity contribution < 1.29 is 5.11 Å². The number of aliphatic hydroxyl groups excluding tert-OH is 1. The number of fused-ring (bicyclic) bond motifs is 3. The van der Waals surface area contributed by atoms with Gasteiger partial charge >= 0.3 is 0 Å². The minimum absolute atomic E-state index is 0.0578. The first-order valence-electron chi connectivity index (χ1n) is 6.90. The van der Waals surface area contributed by atoms with Gasteiger partial charge in [-0.1, -0.05) is 31.5 Å². The maximum atomic E-state index is 9.67. The van der Waals surface area contributed by atoms with E-state index in [9.17, 15) is 5.11 Å². The van der Waals surface area contributed by atoms with Crippen LogP contribution in [0.1, 0.15) is 37.5 Å². The van der Waals surface area contributed by atoms with Gasteiger partial charge in [-0.15, -0.1) is 0 Å².